The molecule has 3 fully saturated rings. The summed E-state index contributed by atoms with van der Waals surface area (Å²) in [7, 11) is 0. The van der Waals surface area contributed by atoms with Gasteiger partial charge in [0.25, 0.3) is 0 Å². The zero-order valence-corrected chi connectivity index (χ0v) is 17.7. The molecule has 0 aromatic rings. The van der Waals surface area contributed by atoms with Crippen LogP contribution in [0.25, 0.3) is 0 Å². The highest BCUT2D eigenvalue weighted by molar-refractivity contribution is 4.96. The molecular weight excluding hydrogens is 472 g/mol. The van der Waals surface area contributed by atoms with Crippen LogP contribution >= 0.6 is 0 Å². The minimum Gasteiger partial charge on any atom is -0.394 e. The Kier molecular flexibility index (Phi) is 9.54. The molecule has 0 aromatic heterocycles. The summed E-state index contributed by atoms with van der Waals surface area (Å²) >= 11 is 0. The van der Waals surface area contributed by atoms with E-state index < -0.39 is 112 Å². The summed E-state index contributed by atoms with van der Waals surface area (Å²) in [6, 6.07) is 0. The Morgan fingerprint density at radius 1 is 0.441 bits per heavy atom. The van der Waals surface area contributed by atoms with Gasteiger partial charge in [-0.1, -0.05) is 0 Å². The van der Waals surface area contributed by atoms with Crippen molar-refractivity contribution >= 4 is 0 Å². The third-order valence-corrected chi connectivity index (χ3v) is 6.09. The predicted octanol–water partition coefficient (Wildman–Crippen LogP) is -7.57. The first-order chi connectivity index (χ1) is 16.0. The number of aliphatic hydroxyl groups excluding tert-OH is 11. The summed E-state index contributed by atoms with van der Waals surface area (Å²) in [5, 5.41) is 109. The SMILES string of the molecule is OC[C@H]1O[C@H](O[C@H]2[C@H](O)[C@H](O)[C@@H](O[C@H]3[C@H](O)[C@H](O)[C@@H](O)O[C@@H]3CO)O[C@@H]2CO)[C@@H](O)[C@@H](O)[C@@H]1O. The van der Waals surface area contributed by atoms with E-state index >= 15 is 0 Å². The smallest absolute Gasteiger partial charge is 0.187 e. The van der Waals surface area contributed by atoms with E-state index in [2.05, 4.69) is 0 Å². The largest absolute Gasteiger partial charge is 0.394 e. The number of hydrogen-bond acceptors (Lipinski definition) is 16. The molecule has 3 rings (SSSR count). The van der Waals surface area contributed by atoms with E-state index in [0.29, 0.717) is 0 Å². The van der Waals surface area contributed by atoms with Gasteiger partial charge in [0, 0.05) is 0 Å². The standard InChI is InChI=1S/C18H32O16/c19-1-4-7(22)8(23)12(27)17(31-4)34-15-6(3-21)32-18(13(28)10(15)25)33-14-5(2-20)30-16(29)11(26)9(14)24/h4-29H,1-3H2/t4-,5-,6-,7-,8+,9-,10-,11+,12+,13+,14-,15-,16+,17-,18-/m1/s1. The molecule has 11 N–H and O–H groups in total. The maximum atomic E-state index is 10.6. The topological polar surface area (TPSA) is 269 Å². The normalized spacial score (nSPS) is 52.5. The third-order valence-electron chi connectivity index (χ3n) is 6.09. The van der Waals surface area contributed by atoms with Crippen molar-refractivity contribution in [2.75, 3.05) is 19.8 Å². The highest BCUT2D eigenvalue weighted by atomic mass is 16.8. The highest BCUT2D eigenvalue weighted by Gasteiger charge is 2.53. The van der Waals surface area contributed by atoms with Crippen molar-refractivity contribution < 1.29 is 79.9 Å². The fourth-order valence-electron chi connectivity index (χ4n) is 4.06. The molecule has 34 heavy (non-hydrogen) atoms. The summed E-state index contributed by atoms with van der Waals surface area (Å²) < 4.78 is 26.4. The fraction of sp³-hybridized carbons (Fsp3) is 1.00. The lowest BCUT2D eigenvalue weighted by molar-refractivity contribution is -0.377. The van der Waals surface area contributed by atoms with Gasteiger partial charge in [0.05, 0.1) is 19.8 Å². The second-order valence-corrected chi connectivity index (χ2v) is 8.33. The van der Waals surface area contributed by atoms with Gasteiger partial charge in [0.2, 0.25) is 0 Å². The molecule has 16 nitrogen and oxygen atoms in total. The fourth-order valence-corrected chi connectivity index (χ4v) is 4.06. The van der Waals surface area contributed by atoms with Crippen LogP contribution in [-0.2, 0) is 23.7 Å². The van der Waals surface area contributed by atoms with E-state index in [4.69, 9.17) is 23.7 Å². The lowest BCUT2D eigenvalue weighted by atomic mass is 9.96. The van der Waals surface area contributed by atoms with Crippen LogP contribution in [0.15, 0.2) is 0 Å². The Bertz CT molecular complexity index is 635. The first kappa shape index (κ1) is 27.9. The Balaban J connectivity index is 1.72. The average molecular weight is 504 g/mol. The van der Waals surface area contributed by atoms with Crippen LogP contribution in [0.1, 0.15) is 0 Å². The summed E-state index contributed by atoms with van der Waals surface area (Å²) in [6.45, 7) is -2.32. The van der Waals surface area contributed by atoms with Crippen molar-refractivity contribution in [1.29, 1.82) is 0 Å². The molecule has 3 saturated heterocycles. The number of hydrogen-bond donors (Lipinski definition) is 11. The zero-order valence-electron chi connectivity index (χ0n) is 17.7. The average Bonchev–Trinajstić information content (AvgIpc) is 2.83. The van der Waals surface area contributed by atoms with E-state index in [-0.39, 0.29) is 0 Å². The maximum Gasteiger partial charge on any atom is 0.187 e. The third kappa shape index (κ3) is 5.37. The molecule has 0 spiro atoms. The summed E-state index contributed by atoms with van der Waals surface area (Å²) in [4.78, 5) is 0. The van der Waals surface area contributed by atoms with Gasteiger partial charge in [-0.2, -0.15) is 0 Å². The van der Waals surface area contributed by atoms with Crippen LogP contribution in [0.2, 0.25) is 0 Å². The van der Waals surface area contributed by atoms with E-state index in [0.717, 1.165) is 0 Å². The van der Waals surface area contributed by atoms with Crippen LogP contribution in [0.4, 0.5) is 0 Å². The van der Waals surface area contributed by atoms with Crippen LogP contribution in [0.5, 0.6) is 0 Å². The van der Waals surface area contributed by atoms with Crippen LogP contribution < -0.4 is 0 Å². The second kappa shape index (κ2) is 11.6. The van der Waals surface area contributed by atoms with Crippen molar-refractivity contribution in [2.24, 2.45) is 0 Å². The Hall–Kier alpha value is -0.640. The Morgan fingerprint density at radius 3 is 1.35 bits per heavy atom. The Labute approximate surface area is 192 Å². The van der Waals surface area contributed by atoms with Gasteiger partial charge in [-0.25, -0.2) is 0 Å². The second-order valence-electron chi connectivity index (χ2n) is 8.33. The van der Waals surface area contributed by atoms with Gasteiger partial charge in [0.15, 0.2) is 18.9 Å². The molecule has 3 aliphatic rings. The summed E-state index contributed by atoms with van der Waals surface area (Å²) in [5.41, 5.74) is 0. The highest BCUT2D eigenvalue weighted by Crippen LogP contribution is 2.32. The monoisotopic (exact) mass is 504 g/mol. The van der Waals surface area contributed by atoms with Crippen LogP contribution in [-0.4, -0.2) is 168 Å². The minimum absolute atomic E-state index is 0.741. The molecule has 0 aromatic carbocycles. The molecule has 200 valence electrons. The molecule has 3 aliphatic heterocycles. The van der Waals surface area contributed by atoms with E-state index in [1.807, 2.05) is 0 Å². The molecule has 0 bridgehead atoms. The summed E-state index contributed by atoms with van der Waals surface area (Å²) in [5.74, 6) is 0. The molecule has 15 atom stereocenters. The van der Waals surface area contributed by atoms with Crippen LogP contribution in [0.3, 0.4) is 0 Å². The van der Waals surface area contributed by atoms with Gasteiger partial charge in [-0.15, -0.1) is 0 Å². The lowest BCUT2D eigenvalue weighted by Gasteiger charge is -2.47. The zero-order chi connectivity index (χ0) is 25.3. The predicted molar refractivity (Wildman–Crippen MR) is 101 cm³/mol. The van der Waals surface area contributed by atoms with Gasteiger partial charge in [-0.05, 0) is 0 Å². The van der Waals surface area contributed by atoms with Gasteiger partial charge in [0.1, 0.15) is 73.2 Å². The van der Waals surface area contributed by atoms with E-state index in [9.17, 15) is 56.2 Å². The Morgan fingerprint density at radius 2 is 0.853 bits per heavy atom. The molecule has 0 saturated carbocycles. The van der Waals surface area contributed by atoms with E-state index in [1.54, 1.807) is 0 Å². The van der Waals surface area contributed by atoms with E-state index in [1.165, 1.54) is 0 Å². The number of aliphatic hydroxyl groups is 11. The first-order valence-corrected chi connectivity index (χ1v) is 10.6. The minimum atomic E-state index is -1.91. The lowest BCUT2D eigenvalue weighted by Crippen LogP contribution is -2.66. The molecule has 16 heteroatoms. The first-order valence-electron chi connectivity index (χ1n) is 10.6. The van der Waals surface area contributed by atoms with Crippen molar-refractivity contribution in [1.82, 2.24) is 0 Å². The molecule has 3 heterocycles. The summed E-state index contributed by atoms with van der Waals surface area (Å²) in [6.07, 6.45) is -25.1. The van der Waals surface area contributed by atoms with Gasteiger partial charge in [-0.3, -0.25) is 0 Å². The number of ether oxygens (including phenoxy) is 5. The van der Waals surface area contributed by atoms with Crippen LogP contribution in [0, 0.1) is 0 Å². The molecular formula is C18H32O16. The van der Waals surface area contributed by atoms with Crippen molar-refractivity contribution in [3.8, 4) is 0 Å². The van der Waals surface area contributed by atoms with Crippen molar-refractivity contribution in [3.63, 3.8) is 0 Å². The van der Waals surface area contributed by atoms with Gasteiger partial charge >= 0.3 is 0 Å². The molecule has 0 amide bonds. The number of rotatable bonds is 7. The molecule has 0 aliphatic carbocycles. The van der Waals surface area contributed by atoms with Gasteiger partial charge < -0.3 is 79.9 Å². The van der Waals surface area contributed by atoms with Crippen molar-refractivity contribution in [3.05, 3.63) is 0 Å². The molecule has 0 radical (unpaired) electrons. The molecule has 0 unspecified atom stereocenters. The maximum absolute atomic E-state index is 10.6. The quantitative estimate of drug-likeness (QED) is 0.154. The van der Waals surface area contributed by atoms with Crippen molar-refractivity contribution in [2.45, 2.75) is 92.1 Å².